The number of carboxylic acids is 1. The zero-order valence-electron chi connectivity index (χ0n) is 18.0. The summed E-state index contributed by atoms with van der Waals surface area (Å²) in [5, 5.41) is 12.3. The number of aryl methyl sites for hydroxylation is 1. The molecule has 176 valence electrons. The van der Waals surface area contributed by atoms with Crippen LogP contribution in [-0.2, 0) is 16.1 Å². The van der Waals surface area contributed by atoms with Gasteiger partial charge in [-0.15, -0.1) is 11.3 Å². The quantitative estimate of drug-likeness (QED) is 0.697. The Morgan fingerprint density at radius 3 is 2.65 bits per heavy atom. The van der Waals surface area contributed by atoms with Crippen molar-refractivity contribution in [3.8, 4) is 0 Å². The van der Waals surface area contributed by atoms with Gasteiger partial charge >= 0.3 is 18.2 Å². The van der Waals surface area contributed by atoms with Crippen LogP contribution in [0.2, 0.25) is 0 Å². The van der Waals surface area contributed by atoms with Gasteiger partial charge in [0.25, 0.3) is 0 Å². The molecule has 0 unspecified atom stereocenters. The van der Waals surface area contributed by atoms with E-state index in [1.54, 1.807) is 19.0 Å². The summed E-state index contributed by atoms with van der Waals surface area (Å²) in [5.41, 5.74) is 1.60. The summed E-state index contributed by atoms with van der Waals surface area (Å²) in [4.78, 5) is 26.3. The van der Waals surface area contributed by atoms with Gasteiger partial charge in [-0.05, 0) is 43.2 Å². The number of nitrogens with zero attached hydrogens (tertiary/aromatic N) is 2. The highest BCUT2D eigenvalue weighted by Gasteiger charge is 2.47. The second-order valence-corrected chi connectivity index (χ2v) is 9.18. The maximum atomic E-state index is 11.8. The Morgan fingerprint density at radius 1 is 1.42 bits per heavy atom. The molecule has 2 aliphatic heterocycles. The third-order valence-electron chi connectivity index (χ3n) is 5.73. The zero-order chi connectivity index (χ0) is 23.2. The fraction of sp³-hybridized carbons (Fsp3) is 0.700. The molecule has 0 saturated carbocycles. The van der Waals surface area contributed by atoms with E-state index in [1.807, 2.05) is 11.3 Å². The fourth-order valence-electron chi connectivity index (χ4n) is 3.98. The highest BCUT2D eigenvalue weighted by Crippen LogP contribution is 2.43. The van der Waals surface area contributed by atoms with Crippen molar-refractivity contribution >= 4 is 23.3 Å². The summed E-state index contributed by atoms with van der Waals surface area (Å²) in [6.45, 7) is 7.01. The molecule has 2 fully saturated rings. The Bertz CT molecular complexity index is 756. The van der Waals surface area contributed by atoms with E-state index in [4.69, 9.17) is 14.6 Å². The van der Waals surface area contributed by atoms with E-state index in [9.17, 15) is 18.0 Å². The molecular formula is C20H30F3N3O4S. The second kappa shape index (κ2) is 10.6. The van der Waals surface area contributed by atoms with Crippen molar-refractivity contribution in [3.63, 3.8) is 0 Å². The van der Waals surface area contributed by atoms with E-state index in [2.05, 4.69) is 28.6 Å². The summed E-state index contributed by atoms with van der Waals surface area (Å²) in [6.07, 6.45) is -1.52. The molecule has 2 saturated heterocycles. The number of rotatable bonds is 5. The summed E-state index contributed by atoms with van der Waals surface area (Å²) in [6, 6.07) is 2.20. The molecule has 0 aromatic carbocycles. The summed E-state index contributed by atoms with van der Waals surface area (Å²) < 4.78 is 37.8. The highest BCUT2D eigenvalue weighted by molar-refractivity contribution is 7.10. The molecule has 3 rings (SSSR count). The van der Waals surface area contributed by atoms with Gasteiger partial charge in [0.2, 0.25) is 0 Å². The first-order valence-electron chi connectivity index (χ1n) is 10.1. The molecule has 7 nitrogen and oxygen atoms in total. The van der Waals surface area contributed by atoms with Crippen molar-refractivity contribution in [1.29, 1.82) is 0 Å². The highest BCUT2D eigenvalue weighted by atomic mass is 32.1. The van der Waals surface area contributed by atoms with Crippen LogP contribution < -0.4 is 5.32 Å². The summed E-state index contributed by atoms with van der Waals surface area (Å²) in [5.74, 6) is -2.76. The predicted octanol–water partition coefficient (Wildman–Crippen LogP) is 3.33. The fourth-order valence-corrected chi connectivity index (χ4v) is 4.93. The van der Waals surface area contributed by atoms with Gasteiger partial charge in [0.1, 0.15) is 0 Å². The number of thiophene rings is 1. The van der Waals surface area contributed by atoms with Gasteiger partial charge < -0.3 is 20.1 Å². The number of alkyl halides is 3. The Labute approximate surface area is 184 Å². The van der Waals surface area contributed by atoms with E-state index in [1.165, 1.54) is 10.4 Å². The second-order valence-electron chi connectivity index (χ2n) is 8.18. The first-order chi connectivity index (χ1) is 14.4. The van der Waals surface area contributed by atoms with Crippen LogP contribution in [0, 0.1) is 12.3 Å². The van der Waals surface area contributed by atoms with E-state index < -0.39 is 12.1 Å². The maximum Gasteiger partial charge on any atom is 0.490 e. The molecule has 0 aliphatic carbocycles. The molecule has 3 heterocycles. The average molecular weight is 466 g/mol. The van der Waals surface area contributed by atoms with Crippen LogP contribution in [0.15, 0.2) is 11.4 Å². The van der Waals surface area contributed by atoms with Crippen LogP contribution in [0.25, 0.3) is 0 Å². The van der Waals surface area contributed by atoms with Crippen LogP contribution in [0.5, 0.6) is 0 Å². The maximum absolute atomic E-state index is 11.8. The normalized spacial score (nSPS) is 23.5. The third-order valence-corrected chi connectivity index (χ3v) is 6.74. The number of piperidine rings is 1. The van der Waals surface area contributed by atoms with Gasteiger partial charge in [-0.3, -0.25) is 4.90 Å². The number of carbonyl (C=O) groups excluding carboxylic acids is 1. The molecule has 2 amide bonds. The number of hydrogen-bond acceptors (Lipinski definition) is 5. The lowest BCUT2D eigenvalue weighted by atomic mass is 9.74. The van der Waals surface area contributed by atoms with Gasteiger partial charge in [-0.2, -0.15) is 13.2 Å². The average Bonchev–Trinajstić information content (AvgIpc) is 3.27. The van der Waals surface area contributed by atoms with Crippen molar-refractivity contribution in [2.75, 3.05) is 40.3 Å². The van der Waals surface area contributed by atoms with Crippen LogP contribution in [-0.4, -0.2) is 79.5 Å². The molecule has 2 atom stereocenters. The van der Waals surface area contributed by atoms with Crippen molar-refractivity contribution in [1.82, 2.24) is 15.1 Å². The molecule has 0 bridgehead atoms. The summed E-state index contributed by atoms with van der Waals surface area (Å²) in [7, 11) is 3.56. The van der Waals surface area contributed by atoms with E-state index >= 15 is 0 Å². The number of ether oxygens (including phenoxy) is 1. The Balaban J connectivity index is 0.000000423. The number of fused-ring (bicyclic) bond motifs is 1. The lowest BCUT2D eigenvalue weighted by Crippen LogP contribution is -2.50. The molecular weight excluding hydrogens is 435 g/mol. The first kappa shape index (κ1) is 25.4. The Hall–Kier alpha value is -1.85. The molecule has 31 heavy (non-hydrogen) atoms. The summed E-state index contributed by atoms with van der Waals surface area (Å²) >= 11 is 1.86. The van der Waals surface area contributed by atoms with E-state index in [-0.39, 0.29) is 11.4 Å². The minimum Gasteiger partial charge on any atom is -0.475 e. The number of urea groups is 1. The standard InChI is InChI=1S/C18H29N3O2S.C2HF3O2/c1-14-5-11-24-15(14)12-21-9-4-16-18(13-21,7-10-23-16)6-8-19-17(22)20(2)3;3-2(4,5)1(6)7/h5,11,16H,4,6-10,12-13H2,1-3H3,(H,19,22);(H,6,7)/t16-,18+;/m1./s1. The monoisotopic (exact) mass is 465 g/mol. The van der Waals surface area contributed by atoms with Crippen molar-refractivity contribution in [2.24, 2.45) is 5.41 Å². The van der Waals surface area contributed by atoms with Crippen LogP contribution in [0.1, 0.15) is 29.7 Å². The van der Waals surface area contributed by atoms with Crippen molar-refractivity contribution < 1.29 is 32.6 Å². The number of halogens is 3. The number of aliphatic carboxylic acids is 1. The van der Waals surface area contributed by atoms with Gasteiger partial charge in [-0.1, -0.05) is 0 Å². The molecule has 2 aliphatic rings. The lowest BCUT2D eigenvalue weighted by Gasteiger charge is -2.44. The molecule has 11 heteroatoms. The minimum absolute atomic E-state index is 0.0104. The smallest absolute Gasteiger partial charge is 0.475 e. The first-order valence-corrected chi connectivity index (χ1v) is 10.9. The molecule has 1 aromatic rings. The number of carboxylic acid groups (broad SMARTS) is 1. The lowest BCUT2D eigenvalue weighted by molar-refractivity contribution is -0.192. The van der Waals surface area contributed by atoms with Crippen LogP contribution in [0.4, 0.5) is 18.0 Å². The largest absolute Gasteiger partial charge is 0.490 e. The molecule has 0 spiro atoms. The van der Waals surface area contributed by atoms with Gasteiger partial charge in [0, 0.05) is 57.2 Å². The third kappa shape index (κ3) is 7.08. The number of amides is 2. The Morgan fingerprint density at radius 2 is 2.10 bits per heavy atom. The Kier molecular flexibility index (Phi) is 8.73. The number of carbonyl (C=O) groups is 2. The number of likely N-dealkylation sites (tertiary alicyclic amines) is 1. The van der Waals surface area contributed by atoms with Gasteiger partial charge in [0.05, 0.1) is 6.10 Å². The predicted molar refractivity (Wildman–Crippen MR) is 111 cm³/mol. The SMILES string of the molecule is Cc1ccsc1CN1CC[C@H]2OCC[C@@]2(CCNC(=O)N(C)C)C1.O=C(O)C(F)(F)F. The van der Waals surface area contributed by atoms with Crippen LogP contribution in [0.3, 0.4) is 0 Å². The minimum atomic E-state index is -5.08. The van der Waals surface area contributed by atoms with Gasteiger partial charge in [-0.25, -0.2) is 9.59 Å². The van der Waals surface area contributed by atoms with Gasteiger partial charge in [0.15, 0.2) is 0 Å². The topological polar surface area (TPSA) is 82.1 Å². The number of hydrogen-bond donors (Lipinski definition) is 2. The van der Waals surface area contributed by atoms with Crippen molar-refractivity contribution in [2.45, 2.75) is 45.0 Å². The van der Waals surface area contributed by atoms with E-state index in [0.717, 1.165) is 52.0 Å². The molecule has 2 N–H and O–H groups in total. The van der Waals surface area contributed by atoms with Crippen LogP contribution >= 0.6 is 11.3 Å². The molecule has 0 radical (unpaired) electrons. The number of nitrogens with one attached hydrogen (secondary N) is 1. The van der Waals surface area contributed by atoms with E-state index in [0.29, 0.717) is 6.10 Å². The molecule has 1 aromatic heterocycles. The van der Waals surface area contributed by atoms with Crippen molar-refractivity contribution in [3.05, 3.63) is 21.9 Å². The zero-order valence-corrected chi connectivity index (χ0v) is 18.8.